The molecule has 0 fully saturated rings. The summed E-state index contributed by atoms with van der Waals surface area (Å²) in [4.78, 5) is 17.1. The molecular weight excluding hydrogens is 404 g/mol. The lowest BCUT2D eigenvalue weighted by Gasteiger charge is -2.14. The fourth-order valence-corrected chi connectivity index (χ4v) is 2.86. The van der Waals surface area contributed by atoms with Crippen LogP contribution < -0.4 is 9.47 Å². The molecule has 1 aliphatic heterocycles. The van der Waals surface area contributed by atoms with E-state index >= 15 is 0 Å². The lowest BCUT2D eigenvalue weighted by atomic mass is 10.2. The quantitative estimate of drug-likeness (QED) is 0.481. The van der Waals surface area contributed by atoms with Crippen molar-refractivity contribution in [3.63, 3.8) is 0 Å². The van der Waals surface area contributed by atoms with Gasteiger partial charge in [0.25, 0.3) is 0 Å². The van der Waals surface area contributed by atoms with Gasteiger partial charge in [-0.3, -0.25) is 0 Å². The first-order valence-electron chi connectivity index (χ1n) is 9.61. The molecule has 3 aromatic rings. The summed E-state index contributed by atoms with van der Waals surface area (Å²) in [5.41, 5.74) is 1.11. The summed E-state index contributed by atoms with van der Waals surface area (Å²) in [6, 6.07) is 7.06. The second kappa shape index (κ2) is 9.91. The molecule has 0 amide bonds. The van der Waals surface area contributed by atoms with Gasteiger partial charge in [-0.25, -0.2) is 19.9 Å². The minimum absolute atomic E-state index is 0.0986. The number of hydrogen-bond acceptors (Lipinski definition) is 11. The Morgan fingerprint density at radius 3 is 1.35 bits per heavy atom. The van der Waals surface area contributed by atoms with Crippen molar-refractivity contribution in [3.8, 4) is 23.6 Å². The van der Waals surface area contributed by atoms with Gasteiger partial charge in [-0.15, -0.1) is 0 Å². The highest BCUT2D eigenvalue weighted by molar-refractivity contribution is 5.85. The third-order valence-corrected chi connectivity index (χ3v) is 4.28. The van der Waals surface area contributed by atoms with E-state index < -0.39 is 0 Å². The zero-order valence-corrected chi connectivity index (χ0v) is 16.5. The van der Waals surface area contributed by atoms with Crippen molar-refractivity contribution in [2.75, 3.05) is 52.9 Å². The van der Waals surface area contributed by atoms with Gasteiger partial charge in [-0.2, -0.15) is 10.5 Å². The number of benzene rings is 1. The maximum Gasteiger partial charge on any atom is 0.199 e. The number of nitriles is 2. The summed E-state index contributed by atoms with van der Waals surface area (Å²) in [6.07, 6.45) is 0. The molecule has 0 saturated carbocycles. The molecule has 0 bridgehead atoms. The number of aromatic nitrogens is 4. The van der Waals surface area contributed by atoms with Crippen LogP contribution in [0.3, 0.4) is 0 Å². The van der Waals surface area contributed by atoms with Crippen molar-refractivity contribution in [1.82, 2.24) is 19.9 Å². The largest absolute Gasteiger partial charge is 0.487 e. The van der Waals surface area contributed by atoms with Crippen LogP contribution in [-0.4, -0.2) is 72.8 Å². The van der Waals surface area contributed by atoms with E-state index in [1.165, 1.54) is 0 Å². The Balaban J connectivity index is 1.69. The van der Waals surface area contributed by atoms with Crippen LogP contribution in [0, 0.1) is 22.7 Å². The second-order valence-electron chi connectivity index (χ2n) is 6.34. The predicted molar refractivity (Wildman–Crippen MR) is 106 cm³/mol. The normalized spacial score (nSPS) is 16.1. The zero-order chi connectivity index (χ0) is 21.5. The van der Waals surface area contributed by atoms with Crippen molar-refractivity contribution < 1.29 is 23.7 Å². The third kappa shape index (κ3) is 4.92. The van der Waals surface area contributed by atoms with Crippen molar-refractivity contribution >= 4 is 22.3 Å². The van der Waals surface area contributed by atoms with E-state index in [1.807, 2.05) is 12.1 Å². The van der Waals surface area contributed by atoms with Gasteiger partial charge in [0.2, 0.25) is 0 Å². The van der Waals surface area contributed by atoms with Gasteiger partial charge in [-0.05, 0) is 0 Å². The molecule has 11 nitrogen and oxygen atoms in total. The van der Waals surface area contributed by atoms with Gasteiger partial charge >= 0.3 is 0 Å². The number of hydrogen-bond donors (Lipinski definition) is 0. The Kier molecular flexibility index (Phi) is 6.59. The summed E-state index contributed by atoms with van der Waals surface area (Å²) >= 11 is 0. The van der Waals surface area contributed by atoms with Crippen molar-refractivity contribution in [2.24, 2.45) is 0 Å². The summed E-state index contributed by atoms with van der Waals surface area (Å²) < 4.78 is 28.0. The molecule has 4 rings (SSSR count). The van der Waals surface area contributed by atoms with E-state index in [1.54, 1.807) is 12.1 Å². The molecule has 31 heavy (non-hydrogen) atoms. The first kappa shape index (κ1) is 20.6. The Hall–Kier alpha value is -3.64. The molecule has 0 aliphatic carbocycles. The zero-order valence-electron chi connectivity index (χ0n) is 16.5. The number of fused-ring (bicyclic) bond motifs is 3. The topological polar surface area (TPSA) is 145 Å². The Morgan fingerprint density at radius 1 is 0.581 bits per heavy atom. The molecule has 1 aromatic carbocycles. The van der Waals surface area contributed by atoms with Crippen LogP contribution in [0.25, 0.3) is 22.3 Å². The van der Waals surface area contributed by atoms with Crippen molar-refractivity contribution in [1.29, 1.82) is 10.5 Å². The van der Waals surface area contributed by atoms with E-state index in [0.717, 1.165) is 0 Å². The van der Waals surface area contributed by atoms with Gasteiger partial charge in [0, 0.05) is 12.1 Å². The number of ether oxygens (including phenoxy) is 5. The maximum absolute atomic E-state index is 9.17. The van der Waals surface area contributed by atoms with Gasteiger partial charge in [0.05, 0.1) is 50.7 Å². The SMILES string of the molecule is N#Cc1nc2nc3cc4c(cc3nc2nc1C#N)OCCOCCOCCOCCO4. The Morgan fingerprint density at radius 2 is 0.968 bits per heavy atom. The van der Waals surface area contributed by atoms with Crippen LogP contribution >= 0.6 is 0 Å². The lowest BCUT2D eigenvalue weighted by molar-refractivity contribution is 0.00708. The molecule has 0 spiro atoms. The van der Waals surface area contributed by atoms with E-state index in [4.69, 9.17) is 34.2 Å². The molecule has 3 heterocycles. The molecule has 0 unspecified atom stereocenters. The molecule has 0 saturated heterocycles. The van der Waals surface area contributed by atoms with E-state index in [0.29, 0.717) is 75.4 Å². The Bertz CT molecular complexity index is 1080. The fourth-order valence-electron chi connectivity index (χ4n) is 2.86. The predicted octanol–water partition coefficient (Wildman–Crippen LogP) is 1.14. The maximum atomic E-state index is 9.17. The lowest BCUT2D eigenvalue weighted by Crippen LogP contribution is -2.13. The highest BCUT2D eigenvalue weighted by atomic mass is 16.6. The fraction of sp³-hybridized carbons (Fsp3) is 0.400. The van der Waals surface area contributed by atoms with Crippen molar-refractivity contribution in [2.45, 2.75) is 0 Å². The molecule has 0 radical (unpaired) electrons. The number of rotatable bonds is 0. The highest BCUT2D eigenvalue weighted by Crippen LogP contribution is 2.32. The van der Waals surface area contributed by atoms with Crippen LogP contribution in [-0.2, 0) is 14.2 Å². The molecule has 0 atom stereocenters. The summed E-state index contributed by atoms with van der Waals surface area (Å²) in [6.45, 7) is 3.29. The third-order valence-electron chi connectivity index (χ3n) is 4.28. The van der Waals surface area contributed by atoms with Gasteiger partial charge in [-0.1, -0.05) is 0 Å². The van der Waals surface area contributed by atoms with Crippen LogP contribution in [0.4, 0.5) is 0 Å². The standard InChI is InChI=1S/C20H18N6O5/c21-11-15-16(12-22)26-20-19(25-15)23-13-9-17-18(10-14(13)24-20)31-8-6-29-4-2-27-1-3-28-5-7-30-17/h9-10H,1-8H2. The van der Waals surface area contributed by atoms with E-state index in [9.17, 15) is 0 Å². The van der Waals surface area contributed by atoms with Gasteiger partial charge < -0.3 is 23.7 Å². The summed E-state index contributed by atoms with van der Waals surface area (Å²) in [5, 5.41) is 18.3. The monoisotopic (exact) mass is 422 g/mol. The van der Waals surface area contributed by atoms with Crippen LogP contribution in [0.1, 0.15) is 11.4 Å². The van der Waals surface area contributed by atoms with Gasteiger partial charge in [0.15, 0.2) is 34.2 Å². The second-order valence-corrected chi connectivity index (χ2v) is 6.34. The van der Waals surface area contributed by atoms with Crippen LogP contribution in [0.5, 0.6) is 11.5 Å². The molecule has 2 aromatic heterocycles. The average molecular weight is 422 g/mol. The van der Waals surface area contributed by atoms with E-state index in [-0.39, 0.29) is 22.7 Å². The van der Waals surface area contributed by atoms with Crippen LogP contribution in [0.2, 0.25) is 0 Å². The molecule has 158 valence electrons. The van der Waals surface area contributed by atoms with Crippen molar-refractivity contribution in [3.05, 3.63) is 23.5 Å². The highest BCUT2D eigenvalue weighted by Gasteiger charge is 2.15. The minimum Gasteiger partial charge on any atom is -0.487 e. The first-order valence-corrected chi connectivity index (χ1v) is 9.61. The molecule has 11 heteroatoms. The number of nitrogens with zero attached hydrogens (tertiary/aromatic N) is 6. The van der Waals surface area contributed by atoms with Crippen LogP contribution in [0.15, 0.2) is 12.1 Å². The molecular formula is C20H18N6O5. The summed E-state index contributed by atoms with van der Waals surface area (Å²) in [7, 11) is 0. The molecule has 0 N–H and O–H groups in total. The van der Waals surface area contributed by atoms with Gasteiger partial charge in [0.1, 0.15) is 25.4 Å². The summed E-state index contributed by atoms with van der Waals surface area (Å²) in [5.74, 6) is 0.941. The minimum atomic E-state index is -0.0986. The van der Waals surface area contributed by atoms with E-state index in [2.05, 4.69) is 19.9 Å². The smallest absolute Gasteiger partial charge is 0.199 e. The average Bonchev–Trinajstić information content (AvgIpc) is 2.80. The first-order chi connectivity index (χ1) is 15.3. The Labute approximate surface area is 177 Å². The molecule has 1 aliphatic rings.